The average Bonchev–Trinajstić information content (AvgIpc) is 2.42. The molecule has 1 aliphatic carbocycles. The topological polar surface area (TPSA) is 69.4 Å². The van der Waals surface area contributed by atoms with Gasteiger partial charge in [-0.25, -0.2) is 13.6 Å². The normalized spacial score (nSPS) is 20.3. The average molecular weight is 311 g/mol. The summed E-state index contributed by atoms with van der Waals surface area (Å²) in [5.74, 6) is 0.148. The molecule has 0 saturated carbocycles. The second kappa shape index (κ2) is 6.90. The van der Waals surface area contributed by atoms with Crippen LogP contribution in [-0.2, 0) is 21.2 Å². The predicted octanol–water partition coefficient (Wildman–Crippen LogP) is 2.64. The summed E-state index contributed by atoms with van der Waals surface area (Å²) in [5.41, 5.74) is 2.60. The van der Waals surface area contributed by atoms with Gasteiger partial charge in [0, 0.05) is 0 Å². The summed E-state index contributed by atoms with van der Waals surface area (Å²) < 4.78 is 28.7. The summed E-state index contributed by atoms with van der Waals surface area (Å²) in [6.45, 7) is 4.45. The molecule has 21 heavy (non-hydrogen) atoms. The number of fused-ring (bicyclic) bond motifs is 1. The van der Waals surface area contributed by atoms with Crippen molar-refractivity contribution in [2.45, 2.75) is 39.2 Å². The molecule has 0 spiro atoms. The number of hydrogen-bond donors (Lipinski definition) is 1. The van der Waals surface area contributed by atoms with E-state index in [1.165, 1.54) is 11.1 Å². The van der Waals surface area contributed by atoms with Gasteiger partial charge in [-0.05, 0) is 42.2 Å². The molecule has 1 aromatic rings. The molecule has 2 N–H and O–H groups in total. The van der Waals surface area contributed by atoms with Gasteiger partial charge in [-0.1, -0.05) is 38.1 Å². The minimum Gasteiger partial charge on any atom is -0.373 e. The van der Waals surface area contributed by atoms with Gasteiger partial charge in [0.1, 0.15) is 0 Å². The molecule has 2 rings (SSSR count). The van der Waals surface area contributed by atoms with Gasteiger partial charge in [-0.2, -0.15) is 0 Å². The zero-order valence-electron chi connectivity index (χ0n) is 12.8. The molecule has 4 nitrogen and oxygen atoms in total. The molecule has 118 valence electrons. The maximum absolute atomic E-state index is 11.3. The van der Waals surface area contributed by atoms with Crippen molar-refractivity contribution < 1.29 is 13.2 Å². The van der Waals surface area contributed by atoms with Gasteiger partial charge >= 0.3 is 0 Å². The molecular weight excluding hydrogens is 286 g/mol. The summed E-state index contributed by atoms with van der Waals surface area (Å²) in [6.07, 6.45) is 3.29. The molecule has 0 aromatic heterocycles. The highest BCUT2D eigenvalue weighted by Crippen LogP contribution is 2.33. The molecule has 1 aromatic carbocycles. The fourth-order valence-corrected chi connectivity index (χ4v) is 3.93. The number of rotatable bonds is 6. The monoisotopic (exact) mass is 311 g/mol. The van der Waals surface area contributed by atoms with E-state index < -0.39 is 10.0 Å². The first-order chi connectivity index (χ1) is 9.87. The molecule has 0 amide bonds. The molecule has 1 aliphatic rings. The van der Waals surface area contributed by atoms with Gasteiger partial charge in [0.25, 0.3) is 0 Å². The van der Waals surface area contributed by atoms with Crippen LogP contribution >= 0.6 is 0 Å². The Labute approximate surface area is 127 Å². The first kappa shape index (κ1) is 16.5. The molecule has 5 heteroatoms. The fourth-order valence-electron chi connectivity index (χ4n) is 2.85. The van der Waals surface area contributed by atoms with E-state index in [4.69, 9.17) is 9.88 Å². The summed E-state index contributed by atoms with van der Waals surface area (Å²) in [5, 5.41) is 5.18. The smallest absolute Gasteiger partial charge is 0.209 e. The Morgan fingerprint density at radius 2 is 2.05 bits per heavy atom. The fraction of sp³-hybridized carbons (Fsp3) is 0.625. The van der Waals surface area contributed by atoms with Crippen molar-refractivity contribution in [3.05, 3.63) is 35.4 Å². The third kappa shape index (κ3) is 4.80. The van der Waals surface area contributed by atoms with Gasteiger partial charge in [-0.15, -0.1) is 0 Å². The van der Waals surface area contributed by atoms with E-state index in [1.807, 2.05) is 19.9 Å². The molecule has 2 unspecified atom stereocenters. The van der Waals surface area contributed by atoms with E-state index in [2.05, 4.69) is 18.2 Å². The lowest BCUT2D eigenvalue weighted by Crippen LogP contribution is -2.30. The van der Waals surface area contributed by atoms with Crippen LogP contribution in [0, 0.1) is 11.8 Å². The van der Waals surface area contributed by atoms with E-state index in [9.17, 15) is 8.42 Å². The Bertz CT molecular complexity index is 569. The highest BCUT2D eigenvalue weighted by molar-refractivity contribution is 7.89. The van der Waals surface area contributed by atoms with Crippen molar-refractivity contribution in [2.24, 2.45) is 17.0 Å². The number of primary sulfonamides is 1. The van der Waals surface area contributed by atoms with Crippen LogP contribution in [0.3, 0.4) is 0 Å². The van der Waals surface area contributed by atoms with Crippen LogP contribution in [0.4, 0.5) is 0 Å². The lowest BCUT2D eigenvalue weighted by Gasteiger charge is -2.28. The number of benzene rings is 1. The Kier molecular flexibility index (Phi) is 5.41. The Balaban J connectivity index is 2.02. The van der Waals surface area contributed by atoms with Crippen molar-refractivity contribution in [2.75, 3.05) is 12.4 Å². The first-order valence-electron chi connectivity index (χ1n) is 7.56. The van der Waals surface area contributed by atoms with Crippen molar-refractivity contribution in [1.29, 1.82) is 0 Å². The van der Waals surface area contributed by atoms with Gasteiger partial charge < -0.3 is 4.74 Å². The standard InChI is InChI=1S/C16H25NO3S/c1-12(2)14(11-21(17,18)19)10-20-16-9-5-7-13-6-3-4-8-15(13)16/h3-4,6,8,12,14,16H,5,7,9-11H2,1-2H3,(H2,17,18,19). The van der Waals surface area contributed by atoms with E-state index in [0.29, 0.717) is 6.61 Å². The number of aryl methyl sites for hydroxylation is 1. The Hall–Kier alpha value is -0.910. The van der Waals surface area contributed by atoms with Gasteiger partial charge in [0.2, 0.25) is 10.0 Å². The van der Waals surface area contributed by atoms with Crippen LogP contribution in [0.25, 0.3) is 0 Å². The summed E-state index contributed by atoms with van der Waals surface area (Å²) >= 11 is 0. The third-order valence-corrected chi connectivity index (χ3v) is 5.11. The van der Waals surface area contributed by atoms with Gasteiger partial charge in [-0.3, -0.25) is 0 Å². The van der Waals surface area contributed by atoms with Crippen LogP contribution < -0.4 is 5.14 Å². The van der Waals surface area contributed by atoms with Crippen LogP contribution in [0.1, 0.15) is 43.9 Å². The molecular formula is C16H25NO3S. The number of sulfonamides is 1. The molecule has 0 aliphatic heterocycles. The van der Waals surface area contributed by atoms with E-state index in [-0.39, 0.29) is 23.7 Å². The number of hydrogen-bond acceptors (Lipinski definition) is 3. The number of ether oxygens (including phenoxy) is 1. The van der Waals surface area contributed by atoms with E-state index in [0.717, 1.165) is 19.3 Å². The molecule has 2 atom stereocenters. The molecule has 0 bridgehead atoms. The van der Waals surface area contributed by atoms with Crippen molar-refractivity contribution in [3.63, 3.8) is 0 Å². The zero-order chi connectivity index (χ0) is 15.5. The number of nitrogens with two attached hydrogens (primary N) is 1. The third-order valence-electron chi connectivity index (χ3n) is 4.22. The van der Waals surface area contributed by atoms with Crippen molar-refractivity contribution in [1.82, 2.24) is 0 Å². The Morgan fingerprint density at radius 3 is 2.71 bits per heavy atom. The largest absolute Gasteiger partial charge is 0.373 e. The predicted molar refractivity (Wildman–Crippen MR) is 84.4 cm³/mol. The minimum absolute atomic E-state index is 0.0148. The van der Waals surface area contributed by atoms with E-state index >= 15 is 0 Å². The second-order valence-electron chi connectivity index (χ2n) is 6.25. The molecule has 0 saturated heterocycles. The first-order valence-corrected chi connectivity index (χ1v) is 9.28. The maximum atomic E-state index is 11.3. The van der Waals surface area contributed by atoms with Crippen LogP contribution in [0.15, 0.2) is 24.3 Å². The van der Waals surface area contributed by atoms with Gasteiger partial charge in [0.15, 0.2) is 0 Å². The SMILES string of the molecule is CC(C)C(COC1CCCc2ccccc21)CS(N)(=O)=O. The van der Waals surface area contributed by atoms with E-state index in [1.54, 1.807) is 0 Å². The van der Waals surface area contributed by atoms with Crippen molar-refractivity contribution >= 4 is 10.0 Å². The minimum atomic E-state index is -3.46. The summed E-state index contributed by atoms with van der Waals surface area (Å²) in [6, 6.07) is 8.35. The summed E-state index contributed by atoms with van der Waals surface area (Å²) in [4.78, 5) is 0. The summed E-state index contributed by atoms with van der Waals surface area (Å²) in [7, 11) is -3.46. The molecule has 0 fully saturated rings. The Morgan fingerprint density at radius 1 is 1.33 bits per heavy atom. The van der Waals surface area contributed by atoms with Crippen LogP contribution in [0.5, 0.6) is 0 Å². The van der Waals surface area contributed by atoms with Crippen LogP contribution in [-0.4, -0.2) is 20.8 Å². The zero-order valence-corrected chi connectivity index (χ0v) is 13.6. The van der Waals surface area contributed by atoms with Crippen molar-refractivity contribution in [3.8, 4) is 0 Å². The molecule has 0 heterocycles. The maximum Gasteiger partial charge on any atom is 0.209 e. The second-order valence-corrected chi connectivity index (χ2v) is 7.91. The highest BCUT2D eigenvalue weighted by Gasteiger charge is 2.24. The highest BCUT2D eigenvalue weighted by atomic mass is 32.2. The van der Waals surface area contributed by atoms with Crippen LogP contribution in [0.2, 0.25) is 0 Å². The molecule has 0 radical (unpaired) electrons. The quantitative estimate of drug-likeness (QED) is 0.878. The lowest BCUT2D eigenvalue weighted by molar-refractivity contribution is 0.0131. The lowest BCUT2D eigenvalue weighted by atomic mass is 9.89. The van der Waals surface area contributed by atoms with Gasteiger partial charge in [0.05, 0.1) is 18.5 Å².